The standard InChI is InChI=1S/C18H16Cl2N2O5S4/c19-10-2-3-13-11(6-10)21(4-1-5-31(25,26)27)15(28-13)8-16-22(9-17(23)24)12-7-14(20)29-18(12)30-16/h2-3,6-8,12,18H,1,4-5,9H2,(H-,23,24,25,26,27). The van der Waals surface area contributed by atoms with Gasteiger partial charge in [-0.05, 0) is 18.2 Å². The molecule has 0 saturated carbocycles. The van der Waals surface area contributed by atoms with Gasteiger partial charge in [0.25, 0.3) is 5.01 Å². The number of carboxylic acids is 1. The van der Waals surface area contributed by atoms with Crippen molar-refractivity contribution >= 4 is 90.4 Å². The quantitative estimate of drug-likeness (QED) is 0.420. The Hall–Kier alpha value is -0.950. The summed E-state index contributed by atoms with van der Waals surface area (Å²) in [6.07, 6.45) is 3.94. The second-order valence-electron chi connectivity index (χ2n) is 6.89. The first kappa shape index (κ1) is 23.2. The van der Waals surface area contributed by atoms with Gasteiger partial charge in [-0.2, -0.15) is 4.57 Å². The van der Waals surface area contributed by atoms with E-state index in [0.29, 0.717) is 15.9 Å². The Bertz CT molecular complexity index is 1210. The highest BCUT2D eigenvalue weighted by Gasteiger charge is 2.42. The summed E-state index contributed by atoms with van der Waals surface area (Å²) in [6.45, 7) is 0.157. The van der Waals surface area contributed by atoms with E-state index in [2.05, 4.69) is 0 Å². The lowest BCUT2D eigenvalue weighted by molar-refractivity contribution is -0.668. The highest BCUT2D eigenvalue weighted by molar-refractivity contribution is 8.21. The number of carboxylic acid groups (broad SMARTS) is 1. The molecule has 7 nitrogen and oxygen atoms in total. The van der Waals surface area contributed by atoms with Crippen LogP contribution in [-0.4, -0.2) is 51.9 Å². The lowest BCUT2D eigenvalue weighted by Crippen LogP contribution is -2.37. The molecule has 31 heavy (non-hydrogen) atoms. The molecule has 2 aromatic rings. The zero-order valence-corrected chi connectivity index (χ0v) is 20.5. The number of rotatable bonds is 7. The fourth-order valence-electron chi connectivity index (χ4n) is 3.46. The molecule has 0 aliphatic carbocycles. The van der Waals surface area contributed by atoms with E-state index in [1.54, 1.807) is 23.9 Å². The molecule has 0 spiro atoms. The molecule has 1 fully saturated rings. The molecule has 1 aromatic carbocycles. The fourth-order valence-corrected chi connectivity index (χ4v) is 8.57. The minimum atomic E-state index is -4.31. The van der Waals surface area contributed by atoms with Gasteiger partial charge < -0.3 is 14.6 Å². The summed E-state index contributed by atoms with van der Waals surface area (Å²) in [7, 11) is -4.31. The van der Waals surface area contributed by atoms with Gasteiger partial charge in [-0.1, -0.05) is 58.1 Å². The zero-order valence-electron chi connectivity index (χ0n) is 15.7. The number of benzene rings is 1. The molecule has 4 rings (SSSR count). The zero-order chi connectivity index (χ0) is 22.3. The Morgan fingerprint density at radius 1 is 1.32 bits per heavy atom. The third-order valence-electron chi connectivity index (χ3n) is 4.71. The maximum Gasteiger partial charge on any atom is 0.323 e. The Labute approximate surface area is 201 Å². The maximum atomic E-state index is 11.5. The minimum absolute atomic E-state index is 0.0704. The summed E-state index contributed by atoms with van der Waals surface area (Å²) in [5.41, 5.74) is 0.831. The monoisotopic (exact) mass is 538 g/mol. The predicted octanol–water partition coefficient (Wildman–Crippen LogP) is 3.73. The highest BCUT2D eigenvalue weighted by Crippen LogP contribution is 2.53. The van der Waals surface area contributed by atoms with E-state index in [1.807, 2.05) is 27.7 Å². The SMILES string of the molecule is O=C(O)CN1C(=Cc2sc3ccc(Cl)cc3[n+]2CCCS(=O)(=O)[O-])SC2SC(Cl)=CC21. The highest BCUT2D eigenvalue weighted by atomic mass is 35.5. The van der Waals surface area contributed by atoms with Crippen LogP contribution in [0, 0.1) is 0 Å². The summed E-state index contributed by atoms with van der Waals surface area (Å²) < 4.78 is 36.7. The number of aromatic nitrogens is 1. The van der Waals surface area contributed by atoms with Crippen LogP contribution in [0.1, 0.15) is 11.4 Å². The molecule has 1 saturated heterocycles. The van der Waals surface area contributed by atoms with E-state index in [-0.39, 0.29) is 23.6 Å². The van der Waals surface area contributed by atoms with Gasteiger partial charge in [-0.3, -0.25) is 4.79 Å². The Morgan fingerprint density at radius 2 is 2.10 bits per heavy atom. The third kappa shape index (κ3) is 5.35. The van der Waals surface area contributed by atoms with Crippen molar-refractivity contribution in [3.8, 4) is 0 Å². The van der Waals surface area contributed by atoms with E-state index < -0.39 is 21.8 Å². The van der Waals surface area contributed by atoms with Gasteiger partial charge in [-0.25, -0.2) is 8.42 Å². The minimum Gasteiger partial charge on any atom is -0.748 e. The summed E-state index contributed by atoms with van der Waals surface area (Å²) >= 11 is 16.8. The van der Waals surface area contributed by atoms with Gasteiger partial charge in [-0.15, -0.1) is 0 Å². The van der Waals surface area contributed by atoms with E-state index in [1.165, 1.54) is 23.1 Å². The van der Waals surface area contributed by atoms with Crippen molar-refractivity contribution in [3.05, 3.63) is 43.7 Å². The molecule has 2 atom stereocenters. The number of halogens is 2. The van der Waals surface area contributed by atoms with Gasteiger partial charge in [0.05, 0.1) is 36.2 Å². The molecule has 2 aliphatic heterocycles. The van der Waals surface area contributed by atoms with Crippen molar-refractivity contribution < 1.29 is 27.4 Å². The topological polar surface area (TPSA) is 102 Å². The molecule has 2 aliphatic rings. The first-order chi connectivity index (χ1) is 14.6. The summed E-state index contributed by atoms with van der Waals surface area (Å²) in [4.78, 5) is 13.3. The average molecular weight is 540 g/mol. The molecular formula is C18H16Cl2N2O5S4. The molecule has 166 valence electrons. The second kappa shape index (κ2) is 9.12. The fraction of sp³-hybridized carbons (Fsp3) is 0.333. The van der Waals surface area contributed by atoms with E-state index in [4.69, 9.17) is 23.2 Å². The summed E-state index contributed by atoms with van der Waals surface area (Å²) in [5.74, 6) is -1.40. The van der Waals surface area contributed by atoms with Crippen molar-refractivity contribution in [1.29, 1.82) is 0 Å². The molecule has 13 heteroatoms. The van der Waals surface area contributed by atoms with Gasteiger partial charge in [0.1, 0.15) is 11.2 Å². The van der Waals surface area contributed by atoms with Crippen LogP contribution in [0.4, 0.5) is 0 Å². The van der Waals surface area contributed by atoms with Gasteiger partial charge in [0.15, 0.2) is 6.54 Å². The molecular weight excluding hydrogens is 523 g/mol. The molecule has 0 bridgehead atoms. The molecule has 1 N–H and O–H groups in total. The average Bonchev–Trinajstić information content (AvgIpc) is 3.27. The summed E-state index contributed by atoms with van der Waals surface area (Å²) in [6, 6.07) is 5.34. The molecule has 2 unspecified atom stereocenters. The van der Waals surface area contributed by atoms with E-state index in [0.717, 1.165) is 20.3 Å². The first-order valence-electron chi connectivity index (χ1n) is 9.07. The van der Waals surface area contributed by atoms with Crippen LogP contribution in [0.3, 0.4) is 0 Å². The number of hydrogen-bond acceptors (Lipinski definition) is 8. The number of thioether (sulfide) groups is 2. The second-order valence-corrected chi connectivity index (χ2v) is 13.2. The molecule has 0 amide bonds. The predicted molar refractivity (Wildman–Crippen MR) is 125 cm³/mol. The number of fused-ring (bicyclic) bond motifs is 2. The van der Waals surface area contributed by atoms with Crippen molar-refractivity contribution in [2.45, 2.75) is 23.6 Å². The molecule has 3 heterocycles. The number of nitrogens with zero attached hydrogens (tertiary/aromatic N) is 2. The van der Waals surface area contributed by atoms with Crippen molar-refractivity contribution in [1.82, 2.24) is 4.90 Å². The first-order valence-corrected chi connectivity index (χ1v) is 14.0. The van der Waals surface area contributed by atoms with Crippen LogP contribution < -0.4 is 4.57 Å². The van der Waals surface area contributed by atoms with Crippen LogP contribution in [-0.2, 0) is 21.5 Å². The van der Waals surface area contributed by atoms with Crippen LogP contribution in [0.2, 0.25) is 5.02 Å². The number of carbonyl (C=O) groups is 1. The summed E-state index contributed by atoms with van der Waals surface area (Å²) in [5, 5.41) is 11.6. The lowest BCUT2D eigenvalue weighted by Gasteiger charge is -2.21. The molecule has 1 aromatic heterocycles. The van der Waals surface area contributed by atoms with Crippen molar-refractivity contribution in [3.63, 3.8) is 0 Å². The number of thiazole rings is 1. The van der Waals surface area contributed by atoms with Crippen molar-refractivity contribution in [2.75, 3.05) is 12.3 Å². The smallest absolute Gasteiger partial charge is 0.323 e. The van der Waals surface area contributed by atoms with Crippen LogP contribution in [0.5, 0.6) is 0 Å². The van der Waals surface area contributed by atoms with Crippen LogP contribution in [0.25, 0.3) is 16.3 Å². The normalized spacial score (nSPS) is 22.4. The van der Waals surface area contributed by atoms with E-state index >= 15 is 0 Å². The maximum absolute atomic E-state index is 11.5. The molecule has 0 radical (unpaired) electrons. The lowest BCUT2D eigenvalue weighted by atomic mass is 10.3. The third-order valence-corrected chi connectivity index (χ3v) is 9.79. The largest absolute Gasteiger partial charge is 0.748 e. The van der Waals surface area contributed by atoms with Crippen LogP contribution in [0.15, 0.2) is 33.7 Å². The Morgan fingerprint density at radius 3 is 2.81 bits per heavy atom. The Balaban J connectivity index is 1.73. The van der Waals surface area contributed by atoms with Crippen LogP contribution >= 0.6 is 58.1 Å². The Kier molecular flexibility index (Phi) is 6.83. The number of aryl methyl sites for hydroxylation is 1. The van der Waals surface area contributed by atoms with Crippen molar-refractivity contribution in [2.24, 2.45) is 0 Å². The van der Waals surface area contributed by atoms with E-state index in [9.17, 15) is 22.9 Å². The van der Waals surface area contributed by atoms with Gasteiger partial charge in [0.2, 0.25) is 5.52 Å². The number of hydrogen-bond donors (Lipinski definition) is 1. The number of aliphatic carboxylic acids is 1. The van der Waals surface area contributed by atoms with Gasteiger partial charge >= 0.3 is 5.97 Å². The van der Waals surface area contributed by atoms with Gasteiger partial charge in [0, 0.05) is 23.3 Å².